The first-order chi connectivity index (χ1) is 65.9. The van der Waals surface area contributed by atoms with E-state index in [0.29, 0.717) is 125 Å². The highest BCUT2D eigenvalue weighted by Crippen LogP contribution is 2.51. The van der Waals surface area contributed by atoms with Gasteiger partial charge in [-0.1, -0.05) is 57.5 Å². The number of rotatable bonds is 25. The summed E-state index contributed by atoms with van der Waals surface area (Å²) < 4.78 is 164. The van der Waals surface area contributed by atoms with Crippen LogP contribution in [0.3, 0.4) is 0 Å². The highest BCUT2D eigenvalue weighted by Gasteiger charge is 2.45. The molecule has 11 aliphatic rings. The number of hydrogen-bond donors (Lipinski definition) is 12. The third kappa shape index (κ3) is 21.7. The second-order valence-corrected chi connectivity index (χ2v) is 46.8. The molecule has 0 unspecified atom stereocenters. The Hall–Kier alpha value is -10.00. The maximum Gasteiger partial charge on any atom is 0.552 e. The summed E-state index contributed by atoms with van der Waals surface area (Å²) in [6.45, 7) is 9.25. The minimum atomic E-state index is -3.42. The van der Waals surface area contributed by atoms with Crippen molar-refractivity contribution < 1.29 is 90.5 Å². The number of aryl methyl sites for hydroxylation is 1. The van der Waals surface area contributed by atoms with E-state index in [1.165, 1.54) is 4.31 Å². The lowest BCUT2D eigenvalue weighted by Crippen LogP contribution is -2.46. The van der Waals surface area contributed by atoms with E-state index in [9.17, 15) is 67.2 Å². The molecule has 0 atom stereocenters. The molecule has 46 heteroatoms. The summed E-state index contributed by atoms with van der Waals surface area (Å²) in [5, 5.41) is 55.3. The quantitative estimate of drug-likeness (QED) is 0.0237. The largest absolute Gasteiger partial charge is 0.552 e. The van der Waals surface area contributed by atoms with Crippen molar-refractivity contribution in [3.05, 3.63) is 186 Å². The van der Waals surface area contributed by atoms with E-state index >= 15 is 0 Å². The summed E-state index contributed by atoms with van der Waals surface area (Å²) in [4.78, 5) is 37.1. The number of unbranched alkanes of at least 4 members (excludes halogenated alkanes) is 1. The molecule has 10 aromatic heterocycles. The summed E-state index contributed by atoms with van der Waals surface area (Å²) in [5.41, 5.74) is 14.7. The van der Waals surface area contributed by atoms with Crippen molar-refractivity contribution in [2.75, 3.05) is 75.9 Å². The van der Waals surface area contributed by atoms with E-state index in [2.05, 4.69) is 59.3 Å². The van der Waals surface area contributed by atoms with Gasteiger partial charge in [-0.05, 0) is 232 Å². The van der Waals surface area contributed by atoms with Gasteiger partial charge in [0.25, 0.3) is 10.2 Å². The lowest BCUT2D eigenvalue weighted by molar-refractivity contribution is 0.288. The predicted octanol–water partition coefficient (Wildman–Crippen LogP) is 9.43. The van der Waals surface area contributed by atoms with Crippen molar-refractivity contribution >= 4 is 169 Å². The average Bonchev–Trinajstić information content (AvgIpc) is 1.74. The summed E-state index contributed by atoms with van der Waals surface area (Å²) in [6.07, 6.45) is 30.0. The van der Waals surface area contributed by atoms with Crippen LogP contribution in [0.2, 0.25) is 0 Å². The minimum absolute atomic E-state index is 0.0309. The van der Waals surface area contributed by atoms with Gasteiger partial charge in [0.1, 0.15) is 57.0 Å². The van der Waals surface area contributed by atoms with Crippen LogP contribution in [0.5, 0.6) is 28.7 Å². The maximum atomic E-state index is 12.9. The van der Waals surface area contributed by atoms with Gasteiger partial charge in [0, 0.05) is 151 Å². The molecule has 8 aliphatic heterocycles. The van der Waals surface area contributed by atoms with Gasteiger partial charge in [-0.2, -0.15) is 17.0 Å². The van der Waals surface area contributed by atoms with Crippen LogP contribution in [0.4, 0.5) is 0 Å². The zero-order chi connectivity index (χ0) is 95.8. The molecular weight excluding hydrogens is 1850 g/mol. The molecule has 0 bridgehead atoms. The van der Waals surface area contributed by atoms with Gasteiger partial charge < -0.3 is 73.3 Å². The van der Waals surface area contributed by atoms with Crippen molar-refractivity contribution in [2.24, 2.45) is 35.5 Å². The number of sulfonamides is 4. The molecular formula is C91H113B5N16O20S5. The number of aromatic amines is 5. The molecule has 137 heavy (non-hydrogen) atoms. The molecule has 11 aromatic rings. The van der Waals surface area contributed by atoms with E-state index in [1.807, 2.05) is 112 Å². The molecule has 12 N–H and O–H groups in total. The second kappa shape index (κ2) is 41.1. The van der Waals surface area contributed by atoms with Crippen LogP contribution in [0.1, 0.15) is 157 Å². The first kappa shape index (κ1) is 97.2. The summed E-state index contributed by atoms with van der Waals surface area (Å²) in [5.74, 6) is 13.5. The highest BCUT2D eigenvalue weighted by molar-refractivity contribution is 7.90. The molecule has 36 nitrogen and oxygen atoms in total. The SMILES string of the molecule is CCCCS(=O)(=O)N1CCC(C2=CB(O)Oc3cnc4[nH]ccc4c32)CC1.CCCN(C)S(=O)(=O)N1CCC(C2=CB(O)Oc3cnc4[nH]ccc4c32)CC1.CCCS(=O)(=O)NC1CC(C2=CB(O)Oc3cnc4[nH]ccc4c32)C1.O=S(=O)(CC1CC1)NC1CC(C2=CB(O)Oc3cnc4[nH]ccc4c32)C1.O=S(=O)(CCc1ccccc1)N1CCC(C2=CB(O)Oc3cnc4[nH]ccc4c32)CC1. The van der Waals surface area contributed by atoms with Gasteiger partial charge in [0.2, 0.25) is 40.1 Å². The van der Waals surface area contributed by atoms with E-state index in [4.69, 9.17) is 23.3 Å². The first-order valence-electron chi connectivity index (χ1n) is 47.2. The molecule has 3 saturated carbocycles. The van der Waals surface area contributed by atoms with Gasteiger partial charge in [-0.15, -0.1) is 0 Å². The van der Waals surface area contributed by atoms with Crippen LogP contribution >= 0.6 is 0 Å². The molecule has 3 aliphatic carbocycles. The third-order valence-corrected chi connectivity index (χ3v) is 36.6. The van der Waals surface area contributed by atoms with Gasteiger partial charge in [-0.25, -0.2) is 76.6 Å². The standard InChI is InChI=1S/C22H24BN3O4S.C18H25BN4O4S.C18H24BN3O4S.C17H20BN3O4S.C16H20BN3O4S/c27-23-14-19(21-18-6-10-24-22(18)25-15-20(21)30-23)17-7-11-26(12-8-17)31(28,29)13-9-16-4-2-1-3-5-16;1-3-8-22(2)28(25,26)23-9-5-13(6-10-23)15-11-19(24)27-16-12-21-18-14(17(15)16)4-7-20-18;1-2-3-10-27(24,25)22-8-5-13(6-9-22)15-11-19(23)26-16-12-21-18-14(17(15)16)4-7-20-18;22-18-7-14(16-13-3-4-19-17(13)20-8-15(16)25-18)11-5-12(6-11)21-26(23,24)9-10-1-2-10;1-2-5-25(22,23)20-11-6-10(7-11)13-8-17(21)24-14-9-19-16-12(15(13)14)3-4-18-16/h1-6,10,14-15,17,27H,7-9,11-13H2,(H,24,25);4,7,11-13,24H,3,5-6,8-10H2,1-2H3,(H,20,21);4,7,11-13,23H,2-3,5-6,8-10H2,1H3,(H,20,21);3-4,7-8,10-12,21-22H,1-2,5-6,9H2,(H,19,20);3-4,8-11,20-21H,2,5-7H2,1H3,(H,18,19). The average molecular weight is 1970 g/mol. The Morgan fingerprint density at radius 3 is 1.01 bits per heavy atom. The van der Waals surface area contributed by atoms with Crippen LogP contribution < -0.4 is 32.7 Å². The zero-order valence-electron chi connectivity index (χ0n) is 76.7. The molecule has 0 amide bonds. The number of piperidine rings is 3. The van der Waals surface area contributed by atoms with Crippen molar-refractivity contribution in [3.8, 4) is 28.7 Å². The zero-order valence-corrected chi connectivity index (χ0v) is 80.7. The van der Waals surface area contributed by atoms with Crippen LogP contribution in [-0.2, 0) is 56.7 Å². The maximum absolute atomic E-state index is 12.9. The van der Waals surface area contributed by atoms with Gasteiger partial charge in [0.15, 0.2) is 0 Å². The van der Waals surface area contributed by atoms with E-state index in [-0.39, 0.29) is 64.7 Å². The molecule has 18 heterocycles. The predicted molar refractivity (Wildman–Crippen MR) is 531 cm³/mol. The Balaban J connectivity index is 0.000000114. The van der Waals surface area contributed by atoms with Crippen molar-refractivity contribution in [2.45, 2.75) is 142 Å². The van der Waals surface area contributed by atoms with E-state index < -0.39 is 85.9 Å². The molecule has 0 spiro atoms. The molecule has 22 rings (SSSR count). The number of aromatic nitrogens is 10. The molecule has 1 aromatic carbocycles. The summed E-state index contributed by atoms with van der Waals surface area (Å²) in [7, 11) is -19.7. The van der Waals surface area contributed by atoms with E-state index in [1.54, 1.807) is 80.8 Å². The van der Waals surface area contributed by atoms with Gasteiger partial charge in [0.05, 0.1) is 54.0 Å². The fraction of sp³-hybridized carbons (Fsp3) is 0.440. The highest BCUT2D eigenvalue weighted by atomic mass is 32.2. The number of fused-ring (bicyclic) bond motifs is 15. The smallest absolute Gasteiger partial charge is 0.531 e. The summed E-state index contributed by atoms with van der Waals surface area (Å²) >= 11 is 0. The first-order valence-corrected chi connectivity index (χ1v) is 55.1. The van der Waals surface area contributed by atoms with Crippen LogP contribution in [0.25, 0.3) is 83.0 Å². The number of allylic oxidation sites excluding steroid dienone is 5. The second-order valence-electron chi connectivity index (χ2n) is 36.9. The Labute approximate surface area is 798 Å². The Morgan fingerprint density at radius 2 is 0.701 bits per heavy atom. The van der Waals surface area contributed by atoms with Crippen LogP contribution in [0, 0.1) is 35.5 Å². The number of pyridine rings is 5. The fourth-order valence-electron chi connectivity index (χ4n) is 20.4. The normalized spacial score (nSPS) is 20.7. The molecule has 0 radical (unpaired) electrons. The minimum Gasteiger partial charge on any atom is -0.531 e. The summed E-state index contributed by atoms with van der Waals surface area (Å²) in [6, 6.07) is 19.4. The molecule has 3 saturated heterocycles. The molecule has 722 valence electrons. The lowest BCUT2D eigenvalue weighted by Gasteiger charge is -2.39. The number of benzene rings is 1. The van der Waals surface area contributed by atoms with E-state index in [0.717, 1.165) is 181 Å². The number of nitrogens with zero attached hydrogens (tertiary/aromatic N) is 9. The Bertz CT molecular complexity index is 7030. The van der Waals surface area contributed by atoms with Crippen molar-refractivity contribution in [3.63, 3.8) is 0 Å². The lowest BCUT2D eigenvalue weighted by atomic mass is 9.68. The number of H-pyrrole nitrogens is 5. The number of nitrogens with one attached hydrogen (secondary N) is 7. The van der Waals surface area contributed by atoms with Crippen LogP contribution in [0.15, 0.2) is 153 Å². The topological polar surface area (TPSA) is 498 Å². The van der Waals surface area contributed by atoms with Gasteiger partial charge >= 0.3 is 35.6 Å². The third-order valence-electron chi connectivity index (χ3n) is 27.5. The van der Waals surface area contributed by atoms with Crippen molar-refractivity contribution in [1.29, 1.82) is 0 Å². The van der Waals surface area contributed by atoms with Crippen molar-refractivity contribution in [1.82, 2.24) is 76.5 Å². The number of hydrogen-bond acceptors (Lipinski definition) is 25. The Kier molecular flexibility index (Phi) is 29.1. The fourth-order valence-corrected chi connectivity index (χ4v) is 28.2. The monoisotopic (exact) mass is 1960 g/mol. The molecule has 6 fully saturated rings. The Morgan fingerprint density at radius 1 is 0.387 bits per heavy atom. The van der Waals surface area contributed by atoms with Gasteiger partial charge in [-0.3, -0.25) is 0 Å². The van der Waals surface area contributed by atoms with Crippen LogP contribution in [-0.4, -0.2) is 258 Å².